The van der Waals surface area contributed by atoms with Crippen LogP contribution in [0.5, 0.6) is 0 Å². The Bertz CT molecular complexity index is 618. The number of amides is 1. The van der Waals surface area contributed by atoms with Crippen molar-refractivity contribution in [1.29, 1.82) is 0 Å². The number of benzene rings is 1. The molecule has 0 bridgehead atoms. The van der Waals surface area contributed by atoms with E-state index in [-0.39, 0.29) is 30.5 Å². The molecule has 6 nitrogen and oxygen atoms in total. The Morgan fingerprint density at radius 3 is 2.41 bits per heavy atom. The van der Waals surface area contributed by atoms with Gasteiger partial charge in [0.25, 0.3) is 0 Å². The van der Waals surface area contributed by atoms with Crippen LogP contribution >= 0.6 is 12.4 Å². The Labute approximate surface area is 168 Å². The van der Waals surface area contributed by atoms with Crippen LogP contribution in [-0.4, -0.2) is 48.3 Å². The number of rotatable bonds is 5. The second-order valence-corrected chi connectivity index (χ2v) is 7.65. The van der Waals surface area contributed by atoms with Crippen molar-refractivity contribution >= 4 is 24.5 Å². The summed E-state index contributed by atoms with van der Waals surface area (Å²) in [7, 11) is 0. The first-order chi connectivity index (χ1) is 12.2. The Hall–Kier alpha value is -1.79. The lowest BCUT2D eigenvalue weighted by Crippen LogP contribution is -2.43. The summed E-state index contributed by atoms with van der Waals surface area (Å²) in [5.74, 6) is -0.716. The Morgan fingerprint density at radius 1 is 1.22 bits per heavy atom. The van der Waals surface area contributed by atoms with Crippen LogP contribution in [0, 0.1) is 5.92 Å². The fourth-order valence-corrected chi connectivity index (χ4v) is 3.11. The van der Waals surface area contributed by atoms with Crippen molar-refractivity contribution in [3.63, 3.8) is 0 Å². The monoisotopic (exact) mass is 398 g/mol. The molecule has 0 radical (unpaired) electrons. The van der Waals surface area contributed by atoms with Crippen LogP contribution in [0.25, 0.3) is 0 Å². The minimum Gasteiger partial charge on any atom is -0.460 e. The largest absolute Gasteiger partial charge is 0.460 e. The van der Waals surface area contributed by atoms with E-state index in [2.05, 4.69) is 12.2 Å². The number of hydrogen-bond donors (Lipinski definition) is 1. The minimum atomic E-state index is -0.565. The molecule has 1 saturated heterocycles. The van der Waals surface area contributed by atoms with E-state index < -0.39 is 17.6 Å². The topological polar surface area (TPSA) is 67.9 Å². The number of ether oxygens (including phenoxy) is 2. The molecule has 7 heteroatoms. The third-order valence-electron chi connectivity index (χ3n) is 4.32. The molecule has 0 aromatic heterocycles. The molecule has 1 amide bonds. The summed E-state index contributed by atoms with van der Waals surface area (Å²) in [4.78, 5) is 26.4. The third-order valence-corrected chi connectivity index (χ3v) is 4.32. The van der Waals surface area contributed by atoms with Gasteiger partial charge in [0.05, 0.1) is 12.5 Å². The van der Waals surface area contributed by atoms with Crippen molar-refractivity contribution in [2.75, 3.05) is 19.7 Å². The highest BCUT2D eigenvalue weighted by atomic mass is 35.5. The molecule has 0 spiro atoms. The number of nitrogens with zero attached hydrogens (tertiary/aromatic N) is 1. The molecule has 1 N–H and O–H groups in total. The lowest BCUT2D eigenvalue weighted by atomic mass is 10.0. The second-order valence-electron chi connectivity index (χ2n) is 7.65. The number of nitrogens with one attached hydrogen (secondary N) is 1. The minimum absolute atomic E-state index is 0. The standard InChI is InChI=1S/C20H30N2O4.ClH/c1-6-25-19(24)22-12-16(18(23)26-20(3,4)5)17(13-22)21-14(2)15-10-8-7-9-11-15;/h7-11,14,16-17,21H,6,12-13H2,1-5H3;1H/t14-,16+,17+;/m1./s1. The predicted octanol–water partition coefficient (Wildman–Crippen LogP) is 3.56. The van der Waals surface area contributed by atoms with Gasteiger partial charge in [0.2, 0.25) is 0 Å². The van der Waals surface area contributed by atoms with Crippen molar-refractivity contribution in [2.45, 2.75) is 52.3 Å². The van der Waals surface area contributed by atoms with Crippen LogP contribution in [0.1, 0.15) is 46.2 Å². The lowest BCUT2D eigenvalue weighted by molar-refractivity contribution is -0.160. The molecule has 1 aromatic rings. The van der Waals surface area contributed by atoms with Gasteiger partial charge >= 0.3 is 12.1 Å². The molecule has 27 heavy (non-hydrogen) atoms. The van der Waals surface area contributed by atoms with Gasteiger partial charge in [0.15, 0.2) is 0 Å². The van der Waals surface area contributed by atoms with E-state index in [0.29, 0.717) is 19.7 Å². The molecule has 1 aromatic carbocycles. The molecule has 2 rings (SSSR count). The maximum Gasteiger partial charge on any atom is 0.409 e. The van der Waals surface area contributed by atoms with Gasteiger partial charge in [-0.05, 0) is 40.2 Å². The van der Waals surface area contributed by atoms with Gasteiger partial charge < -0.3 is 19.7 Å². The number of halogens is 1. The van der Waals surface area contributed by atoms with E-state index in [9.17, 15) is 9.59 Å². The van der Waals surface area contributed by atoms with Crippen LogP contribution < -0.4 is 5.32 Å². The number of carbonyl (C=O) groups is 2. The van der Waals surface area contributed by atoms with Gasteiger partial charge in [0, 0.05) is 25.2 Å². The van der Waals surface area contributed by atoms with E-state index in [1.54, 1.807) is 11.8 Å². The summed E-state index contributed by atoms with van der Waals surface area (Å²) in [5.41, 5.74) is 0.564. The highest BCUT2D eigenvalue weighted by Crippen LogP contribution is 2.25. The van der Waals surface area contributed by atoms with E-state index >= 15 is 0 Å². The maximum absolute atomic E-state index is 12.7. The Balaban J connectivity index is 0.00000364. The highest BCUT2D eigenvalue weighted by Gasteiger charge is 2.42. The highest BCUT2D eigenvalue weighted by molar-refractivity contribution is 5.85. The first-order valence-corrected chi connectivity index (χ1v) is 9.17. The summed E-state index contributed by atoms with van der Waals surface area (Å²) in [6.45, 7) is 10.4. The summed E-state index contributed by atoms with van der Waals surface area (Å²) in [6, 6.07) is 9.88. The van der Waals surface area contributed by atoms with E-state index in [0.717, 1.165) is 5.56 Å². The molecule has 152 valence electrons. The van der Waals surface area contributed by atoms with E-state index in [1.165, 1.54) is 0 Å². The SMILES string of the molecule is CCOC(=O)N1C[C@H](N[C@H](C)c2ccccc2)[C@@H](C(=O)OC(C)(C)C)C1.Cl. The quantitative estimate of drug-likeness (QED) is 0.768. The molecule has 3 atom stereocenters. The second kappa shape index (κ2) is 9.95. The van der Waals surface area contributed by atoms with Gasteiger partial charge in [-0.3, -0.25) is 4.79 Å². The van der Waals surface area contributed by atoms with Gasteiger partial charge in [-0.1, -0.05) is 30.3 Å². The molecule has 1 aliphatic rings. The van der Waals surface area contributed by atoms with Crippen LogP contribution in [0.2, 0.25) is 0 Å². The normalized spacial score (nSPS) is 20.6. The molecular formula is C20H31ClN2O4. The number of carbonyl (C=O) groups excluding carboxylic acids is 2. The number of esters is 1. The van der Waals surface area contributed by atoms with Crippen molar-refractivity contribution in [1.82, 2.24) is 10.2 Å². The molecule has 0 unspecified atom stereocenters. The fraction of sp³-hybridized carbons (Fsp3) is 0.600. The van der Waals surface area contributed by atoms with Gasteiger partial charge in [-0.2, -0.15) is 0 Å². The van der Waals surface area contributed by atoms with Crippen LogP contribution in [0.4, 0.5) is 4.79 Å². The molecule has 0 saturated carbocycles. The molecule has 0 aliphatic carbocycles. The molecule has 1 fully saturated rings. The summed E-state index contributed by atoms with van der Waals surface area (Å²) < 4.78 is 10.7. The number of hydrogen-bond acceptors (Lipinski definition) is 5. The zero-order valence-electron chi connectivity index (χ0n) is 16.7. The van der Waals surface area contributed by atoms with Gasteiger partial charge in [-0.15, -0.1) is 12.4 Å². The summed E-state index contributed by atoms with van der Waals surface area (Å²) in [5, 5.41) is 3.49. The predicted molar refractivity (Wildman–Crippen MR) is 107 cm³/mol. The average Bonchev–Trinajstić information content (AvgIpc) is 2.98. The van der Waals surface area contributed by atoms with Crippen molar-refractivity contribution in [3.8, 4) is 0 Å². The Morgan fingerprint density at radius 2 is 1.85 bits per heavy atom. The Kier molecular flexibility index (Phi) is 8.57. The molecular weight excluding hydrogens is 368 g/mol. The van der Waals surface area contributed by atoms with E-state index in [1.807, 2.05) is 51.1 Å². The van der Waals surface area contributed by atoms with E-state index in [4.69, 9.17) is 9.47 Å². The van der Waals surface area contributed by atoms with Gasteiger partial charge in [0.1, 0.15) is 5.60 Å². The van der Waals surface area contributed by atoms with Crippen molar-refractivity contribution < 1.29 is 19.1 Å². The first kappa shape index (κ1) is 23.2. The third kappa shape index (κ3) is 6.70. The maximum atomic E-state index is 12.7. The van der Waals surface area contributed by atoms with Crippen LogP contribution in [-0.2, 0) is 14.3 Å². The summed E-state index contributed by atoms with van der Waals surface area (Å²) in [6.07, 6.45) is -0.391. The lowest BCUT2D eigenvalue weighted by Gasteiger charge is -2.26. The molecule has 1 heterocycles. The van der Waals surface area contributed by atoms with Crippen LogP contribution in [0.15, 0.2) is 30.3 Å². The van der Waals surface area contributed by atoms with Crippen molar-refractivity contribution in [2.24, 2.45) is 5.92 Å². The van der Waals surface area contributed by atoms with Gasteiger partial charge in [-0.25, -0.2) is 4.79 Å². The molecule has 1 aliphatic heterocycles. The fourth-order valence-electron chi connectivity index (χ4n) is 3.11. The smallest absolute Gasteiger partial charge is 0.409 e. The zero-order chi connectivity index (χ0) is 19.3. The average molecular weight is 399 g/mol. The number of likely N-dealkylation sites (tertiary alicyclic amines) is 1. The first-order valence-electron chi connectivity index (χ1n) is 9.17. The van der Waals surface area contributed by atoms with Crippen molar-refractivity contribution in [3.05, 3.63) is 35.9 Å². The summed E-state index contributed by atoms with van der Waals surface area (Å²) >= 11 is 0. The zero-order valence-corrected chi connectivity index (χ0v) is 17.5. The van der Waals surface area contributed by atoms with Crippen LogP contribution in [0.3, 0.4) is 0 Å².